The molecule has 27 heavy (non-hydrogen) atoms. The van der Waals surface area contributed by atoms with Gasteiger partial charge in [-0.2, -0.15) is 0 Å². The van der Waals surface area contributed by atoms with E-state index in [-0.39, 0.29) is 5.91 Å². The molecule has 1 aliphatic carbocycles. The molecule has 1 amide bonds. The number of benzene rings is 1. The minimum absolute atomic E-state index is 0.288. The lowest BCUT2D eigenvalue weighted by molar-refractivity contribution is 0.0601. The fourth-order valence-corrected chi connectivity index (χ4v) is 4.91. The number of methoxy groups -OCH3 is 1. The smallest absolute Gasteiger partial charge is 0.341 e. The second kappa shape index (κ2) is 7.23. The third kappa shape index (κ3) is 3.39. The second-order valence-electron chi connectivity index (χ2n) is 6.86. The van der Waals surface area contributed by atoms with Crippen molar-refractivity contribution in [3.05, 3.63) is 39.8 Å². The molecule has 7 heteroatoms. The summed E-state index contributed by atoms with van der Waals surface area (Å²) in [7, 11) is 1.37. The molecule has 0 unspecified atom stereocenters. The van der Waals surface area contributed by atoms with Gasteiger partial charge >= 0.3 is 5.97 Å². The highest BCUT2D eigenvalue weighted by Crippen LogP contribution is 2.40. The Labute approximate surface area is 161 Å². The van der Waals surface area contributed by atoms with Gasteiger partial charge in [-0.1, -0.05) is 6.92 Å². The van der Waals surface area contributed by atoms with Gasteiger partial charge in [0.05, 0.1) is 12.7 Å². The van der Waals surface area contributed by atoms with E-state index in [0.717, 1.165) is 29.7 Å². The maximum atomic E-state index is 12.8. The molecule has 0 radical (unpaired) electrons. The molecule has 1 aliphatic heterocycles. The van der Waals surface area contributed by atoms with Crippen molar-refractivity contribution in [3.63, 3.8) is 0 Å². The Morgan fingerprint density at radius 2 is 2.00 bits per heavy atom. The number of fused-ring (bicyclic) bond motifs is 2. The van der Waals surface area contributed by atoms with Crippen molar-refractivity contribution in [2.24, 2.45) is 5.92 Å². The van der Waals surface area contributed by atoms with Crippen LogP contribution in [0.5, 0.6) is 11.5 Å². The van der Waals surface area contributed by atoms with Crippen LogP contribution in [-0.4, -0.2) is 32.2 Å². The van der Waals surface area contributed by atoms with Gasteiger partial charge in [0.1, 0.15) is 18.2 Å². The van der Waals surface area contributed by atoms with Crippen LogP contribution in [0.2, 0.25) is 0 Å². The van der Waals surface area contributed by atoms with Gasteiger partial charge in [-0.25, -0.2) is 4.79 Å². The summed E-state index contributed by atoms with van der Waals surface area (Å²) in [5, 5.41) is 3.46. The number of carbonyl (C=O) groups excluding carboxylic acids is 2. The third-order valence-corrected chi connectivity index (χ3v) is 6.10. The maximum absolute atomic E-state index is 12.8. The quantitative estimate of drug-likeness (QED) is 0.813. The first-order valence-electron chi connectivity index (χ1n) is 9.00. The first-order valence-corrected chi connectivity index (χ1v) is 9.82. The zero-order valence-corrected chi connectivity index (χ0v) is 16.1. The Morgan fingerprint density at radius 3 is 2.78 bits per heavy atom. The standard InChI is InChI=1S/C20H21NO5S/c1-11-3-5-13-16(9-11)27-19(17(13)20(23)24-2)21-18(22)12-4-6-14-15(10-12)26-8-7-25-14/h4,6,10-11H,3,5,7-9H2,1-2H3,(H,21,22)/t11-/m1/s1. The average molecular weight is 387 g/mol. The number of carbonyl (C=O) groups is 2. The van der Waals surface area contributed by atoms with Crippen molar-refractivity contribution in [3.8, 4) is 11.5 Å². The molecule has 1 aromatic heterocycles. The van der Waals surface area contributed by atoms with Gasteiger partial charge in [0, 0.05) is 10.4 Å². The summed E-state index contributed by atoms with van der Waals surface area (Å²) in [6.45, 7) is 3.16. The number of nitrogens with one attached hydrogen (secondary N) is 1. The number of esters is 1. The summed E-state index contributed by atoms with van der Waals surface area (Å²) < 4.78 is 16.0. The van der Waals surface area contributed by atoms with Crippen LogP contribution in [0.4, 0.5) is 5.00 Å². The van der Waals surface area contributed by atoms with Crippen LogP contribution >= 0.6 is 11.3 Å². The van der Waals surface area contributed by atoms with Crippen molar-refractivity contribution >= 4 is 28.2 Å². The van der Waals surface area contributed by atoms with E-state index in [1.807, 2.05) is 0 Å². The van der Waals surface area contributed by atoms with Crippen LogP contribution in [0, 0.1) is 5.92 Å². The fraction of sp³-hybridized carbons (Fsp3) is 0.400. The van der Waals surface area contributed by atoms with Crippen molar-refractivity contribution in [1.29, 1.82) is 0 Å². The molecule has 2 aromatic rings. The Morgan fingerprint density at radius 1 is 1.22 bits per heavy atom. The molecule has 0 fully saturated rings. The van der Waals surface area contributed by atoms with Crippen molar-refractivity contribution in [2.75, 3.05) is 25.6 Å². The van der Waals surface area contributed by atoms with Gasteiger partial charge in [0.25, 0.3) is 5.91 Å². The molecule has 142 valence electrons. The molecule has 2 aliphatic rings. The number of amides is 1. The molecule has 0 saturated heterocycles. The van der Waals surface area contributed by atoms with Crippen molar-refractivity contribution in [1.82, 2.24) is 0 Å². The van der Waals surface area contributed by atoms with Gasteiger partial charge in [-0.15, -0.1) is 11.3 Å². The number of hydrogen-bond donors (Lipinski definition) is 1. The summed E-state index contributed by atoms with van der Waals surface area (Å²) in [5.41, 5.74) is 1.97. The number of ether oxygens (including phenoxy) is 3. The summed E-state index contributed by atoms with van der Waals surface area (Å²) >= 11 is 1.47. The summed E-state index contributed by atoms with van der Waals surface area (Å²) in [5.74, 6) is 1.07. The second-order valence-corrected chi connectivity index (χ2v) is 7.97. The lowest BCUT2D eigenvalue weighted by atomic mass is 9.88. The molecule has 1 N–H and O–H groups in total. The molecular weight excluding hydrogens is 366 g/mol. The monoisotopic (exact) mass is 387 g/mol. The van der Waals surface area contributed by atoms with Gasteiger partial charge in [-0.3, -0.25) is 4.79 Å². The largest absolute Gasteiger partial charge is 0.486 e. The number of thiophene rings is 1. The molecule has 2 heterocycles. The molecular formula is C20H21NO5S. The van der Waals surface area contributed by atoms with E-state index in [0.29, 0.717) is 46.8 Å². The van der Waals surface area contributed by atoms with Crippen LogP contribution in [-0.2, 0) is 17.6 Å². The van der Waals surface area contributed by atoms with Crippen LogP contribution in [0.1, 0.15) is 44.5 Å². The SMILES string of the molecule is COC(=O)c1c(NC(=O)c2ccc3c(c2)OCCO3)sc2c1CC[C@@H](C)C2. The average Bonchev–Trinajstić information content (AvgIpc) is 3.03. The lowest BCUT2D eigenvalue weighted by Crippen LogP contribution is -2.18. The number of rotatable bonds is 3. The predicted molar refractivity (Wildman–Crippen MR) is 102 cm³/mol. The van der Waals surface area contributed by atoms with Gasteiger partial charge < -0.3 is 19.5 Å². The van der Waals surface area contributed by atoms with Crippen LogP contribution in [0.3, 0.4) is 0 Å². The highest BCUT2D eigenvalue weighted by atomic mass is 32.1. The van der Waals surface area contributed by atoms with Gasteiger partial charge in [0.15, 0.2) is 11.5 Å². The van der Waals surface area contributed by atoms with E-state index in [4.69, 9.17) is 14.2 Å². The number of anilines is 1. The van der Waals surface area contributed by atoms with E-state index < -0.39 is 5.97 Å². The topological polar surface area (TPSA) is 73.9 Å². The zero-order valence-electron chi connectivity index (χ0n) is 15.3. The Bertz CT molecular complexity index is 904. The Kier molecular flexibility index (Phi) is 4.78. The van der Waals surface area contributed by atoms with Crippen LogP contribution in [0.25, 0.3) is 0 Å². The third-order valence-electron chi connectivity index (χ3n) is 4.93. The van der Waals surface area contributed by atoms with E-state index in [1.54, 1.807) is 18.2 Å². The highest BCUT2D eigenvalue weighted by Gasteiger charge is 2.29. The Balaban J connectivity index is 1.64. The molecule has 4 rings (SSSR count). The first kappa shape index (κ1) is 17.9. The summed E-state index contributed by atoms with van der Waals surface area (Å²) in [4.78, 5) is 26.3. The van der Waals surface area contributed by atoms with E-state index >= 15 is 0 Å². The van der Waals surface area contributed by atoms with Gasteiger partial charge in [0.2, 0.25) is 0 Å². The Hall–Kier alpha value is -2.54. The van der Waals surface area contributed by atoms with Crippen molar-refractivity contribution < 1.29 is 23.8 Å². The van der Waals surface area contributed by atoms with E-state index in [9.17, 15) is 9.59 Å². The molecule has 1 aromatic carbocycles. The highest BCUT2D eigenvalue weighted by molar-refractivity contribution is 7.17. The first-order chi connectivity index (χ1) is 13.1. The van der Waals surface area contributed by atoms with Gasteiger partial charge in [-0.05, 0) is 48.9 Å². The maximum Gasteiger partial charge on any atom is 0.341 e. The zero-order chi connectivity index (χ0) is 19.0. The van der Waals surface area contributed by atoms with Crippen LogP contribution in [0.15, 0.2) is 18.2 Å². The lowest BCUT2D eigenvalue weighted by Gasteiger charge is -2.18. The minimum Gasteiger partial charge on any atom is -0.486 e. The summed E-state index contributed by atoms with van der Waals surface area (Å²) in [6.07, 6.45) is 2.78. The normalized spacial score (nSPS) is 17.8. The minimum atomic E-state index is -0.403. The summed E-state index contributed by atoms with van der Waals surface area (Å²) in [6, 6.07) is 5.08. The predicted octanol–water partition coefficient (Wildman–Crippen LogP) is 3.68. The molecule has 0 bridgehead atoms. The molecule has 0 spiro atoms. The molecule has 1 atom stereocenters. The number of hydrogen-bond acceptors (Lipinski definition) is 6. The fourth-order valence-electron chi connectivity index (χ4n) is 3.52. The molecule has 0 saturated carbocycles. The van der Waals surface area contributed by atoms with Crippen LogP contribution < -0.4 is 14.8 Å². The molecule has 6 nitrogen and oxygen atoms in total. The van der Waals surface area contributed by atoms with E-state index in [2.05, 4.69) is 12.2 Å². The van der Waals surface area contributed by atoms with E-state index in [1.165, 1.54) is 18.4 Å². The van der Waals surface area contributed by atoms with Crippen molar-refractivity contribution in [2.45, 2.75) is 26.2 Å².